The highest BCUT2D eigenvalue weighted by Gasteiger charge is 2.12. The van der Waals surface area contributed by atoms with Gasteiger partial charge in [-0.25, -0.2) is 0 Å². The number of hydrogen-bond acceptors (Lipinski definition) is 3. The second-order valence-electron chi connectivity index (χ2n) is 4.29. The number of benzene rings is 1. The van der Waals surface area contributed by atoms with Crippen LogP contribution in [0, 0.1) is 0 Å². The molecule has 0 saturated heterocycles. The molecule has 1 atom stereocenters. The molecule has 0 bridgehead atoms. The molecule has 0 fully saturated rings. The Balaban J connectivity index is 2.34. The molecule has 0 radical (unpaired) electrons. The Morgan fingerprint density at radius 1 is 1.20 bits per heavy atom. The van der Waals surface area contributed by atoms with Crippen LogP contribution in [0.1, 0.15) is 31.4 Å². The van der Waals surface area contributed by atoms with Gasteiger partial charge in [0, 0.05) is 36.5 Å². The number of rotatable bonds is 7. The molecule has 5 nitrogen and oxygen atoms in total. The first-order valence-corrected chi connectivity index (χ1v) is 6.88. The van der Waals surface area contributed by atoms with Crippen LogP contribution in [-0.2, 0) is 9.59 Å². The van der Waals surface area contributed by atoms with Gasteiger partial charge in [0.05, 0.1) is 6.10 Å². The van der Waals surface area contributed by atoms with Gasteiger partial charge >= 0.3 is 0 Å². The Kier molecular flexibility index (Phi) is 7.04. The fraction of sp³-hybridized carbons (Fsp3) is 0.429. The van der Waals surface area contributed by atoms with E-state index < -0.39 is 6.10 Å². The quantitative estimate of drug-likeness (QED) is 0.712. The molecule has 110 valence electrons. The first kappa shape index (κ1) is 16.5. The lowest BCUT2D eigenvalue weighted by molar-refractivity contribution is -0.126. The summed E-state index contributed by atoms with van der Waals surface area (Å²) in [5.41, 5.74) is 0.568. The summed E-state index contributed by atoms with van der Waals surface area (Å²) in [6.07, 6.45) is -0.625. The van der Waals surface area contributed by atoms with E-state index in [0.29, 0.717) is 17.1 Å². The minimum absolute atomic E-state index is 0.0674. The van der Waals surface area contributed by atoms with Crippen LogP contribution in [0.4, 0.5) is 0 Å². The third-order valence-corrected chi connectivity index (χ3v) is 3.05. The van der Waals surface area contributed by atoms with Crippen molar-refractivity contribution in [3.63, 3.8) is 0 Å². The number of aliphatic hydroxyl groups is 1. The van der Waals surface area contributed by atoms with Gasteiger partial charge in [0.25, 0.3) is 0 Å². The average Bonchev–Trinajstić information content (AvgIpc) is 2.43. The van der Waals surface area contributed by atoms with Gasteiger partial charge in [0.2, 0.25) is 11.8 Å². The monoisotopic (exact) mass is 298 g/mol. The van der Waals surface area contributed by atoms with E-state index in [1.165, 1.54) is 0 Å². The lowest BCUT2D eigenvalue weighted by Gasteiger charge is -2.13. The number of hydrogen-bond donors (Lipinski definition) is 3. The van der Waals surface area contributed by atoms with Crippen LogP contribution in [-0.4, -0.2) is 30.0 Å². The Hall–Kier alpha value is -1.59. The van der Waals surface area contributed by atoms with E-state index in [2.05, 4.69) is 10.6 Å². The van der Waals surface area contributed by atoms with E-state index in [1.54, 1.807) is 24.3 Å². The summed E-state index contributed by atoms with van der Waals surface area (Å²) < 4.78 is 0. The molecule has 1 unspecified atom stereocenters. The van der Waals surface area contributed by atoms with Crippen molar-refractivity contribution in [3.8, 4) is 0 Å². The second kappa shape index (κ2) is 8.55. The van der Waals surface area contributed by atoms with Crippen LogP contribution < -0.4 is 10.6 Å². The van der Waals surface area contributed by atoms with Crippen molar-refractivity contribution >= 4 is 23.4 Å². The normalized spacial score (nSPS) is 11.8. The molecule has 2 amide bonds. The maximum atomic E-state index is 11.5. The van der Waals surface area contributed by atoms with E-state index in [4.69, 9.17) is 11.6 Å². The van der Waals surface area contributed by atoms with Crippen LogP contribution in [0.2, 0.25) is 5.02 Å². The van der Waals surface area contributed by atoms with E-state index in [1.807, 2.05) is 6.92 Å². The van der Waals surface area contributed by atoms with E-state index in [0.717, 1.165) is 0 Å². The summed E-state index contributed by atoms with van der Waals surface area (Å²) in [7, 11) is 0. The Labute approximate surface area is 123 Å². The lowest BCUT2D eigenvalue weighted by atomic mass is 10.1. The summed E-state index contributed by atoms with van der Waals surface area (Å²) in [5.74, 6) is -0.434. The second-order valence-corrected chi connectivity index (χ2v) is 4.70. The smallest absolute Gasteiger partial charge is 0.220 e. The van der Waals surface area contributed by atoms with E-state index in [-0.39, 0.29) is 31.2 Å². The lowest BCUT2D eigenvalue weighted by Crippen LogP contribution is -2.30. The van der Waals surface area contributed by atoms with Crippen molar-refractivity contribution in [2.24, 2.45) is 0 Å². The maximum Gasteiger partial charge on any atom is 0.220 e. The van der Waals surface area contributed by atoms with Gasteiger partial charge in [-0.3, -0.25) is 9.59 Å². The molecule has 0 saturated carbocycles. The molecule has 0 aliphatic rings. The van der Waals surface area contributed by atoms with E-state index >= 15 is 0 Å². The van der Waals surface area contributed by atoms with E-state index in [9.17, 15) is 14.7 Å². The summed E-state index contributed by atoms with van der Waals surface area (Å²) >= 11 is 5.95. The van der Waals surface area contributed by atoms with Gasteiger partial charge in [-0.15, -0.1) is 0 Å². The SMILES string of the molecule is CCNC(=O)CCC(=O)NCC(O)c1ccccc1Cl. The van der Waals surface area contributed by atoms with Crippen molar-refractivity contribution in [2.45, 2.75) is 25.9 Å². The summed E-state index contributed by atoms with van der Waals surface area (Å²) in [6, 6.07) is 6.91. The Morgan fingerprint density at radius 3 is 2.40 bits per heavy atom. The average molecular weight is 299 g/mol. The number of carbonyl (C=O) groups excluding carboxylic acids is 2. The maximum absolute atomic E-state index is 11.5. The minimum Gasteiger partial charge on any atom is -0.387 e. The number of halogens is 1. The molecule has 0 heterocycles. The molecule has 3 N–H and O–H groups in total. The van der Waals surface area contributed by atoms with Crippen molar-refractivity contribution in [1.29, 1.82) is 0 Å². The predicted molar refractivity (Wildman–Crippen MR) is 77.3 cm³/mol. The zero-order chi connectivity index (χ0) is 15.0. The molecule has 0 aliphatic heterocycles. The minimum atomic E-state index is -0.864. The van der Waals surface area contributed by atoms with Crippen LogP contribution in [0.5, 0.6) is 0 Å². The number of nitrogens with one attached hydrogen (secondary N) is 2. The van der Waals surface area contributed by atoms with Gasteiger partial charge in [-0.1, -0.05) is 29.8 Å². The zero-order valence-corrected chi connectivity index (χ0v) is 12.1. The molecule has 0 aromatic heterocycles. The van der Waals surface area contributed by atoms with Crippen molar-refractivity contribution in [1.82, 2.24) is 10.6 Å². The first-order valence-electron chi connectivity index (χ1n) is 6.50. The van der Waals surface area contributed by atoms with Crippen molar-refractivity contribution in [2.75, 3.05) is 13.1 Å². The topological polar surface area (TPSA) is 78.4 Å². The zero-order valence-electron chi connectivity index (χ0n) is 11.4. The molecule has 1 rings (SSSR count). The Morgan fingerprint density at radius 2 is 1.80 bits per heavy atom. The fourth-order valence-corrected chi connectivity index (χ4v) is 1.93. The highest BCUT2D eigenvalue weighted by Crippen LogP contribution is 2.21. The highest BCUT2D eigenvalue weighted by molar-refractivity contribution is 6.31. The molecule has 0 aliphatic carbocycles. The van der Waals surface area contributed by atoms with Gasteiger partial charge < -0.3 is 15.7 Å². The largest absolute Gasteiger partial charge is 0.387 e. The predicted octanol–water partition coefficient (Wildman–Crippen LogP) is 1.41. The van der Waals surface area contributed by atoms with Crippen molar-refractivity contribution < 1.29 is 14.7 Å². The molecule has 1 aromatic rings. The van der Waals surface area contributed by atoms with Crippen LogP contribution >= 0.6 is 11.6 Å². The first-order chi connectivity index (χ1) is 9.54. The van der Waals surface area contributed by atoms with Crippen LogP contribution in [0.15, 0.2) is 24.3 Å². The molecule has 6 heteroatoms. The third kappa shape index (κ3) is 5.59. The Bertz CT molecular complexity index is 465. The number of carbonyl (C=O) groups is 2. The summed E-state index contributed by atoms with van der Waals surface area (Å²) in [4.78, 5) is 22.7. The molecule has 0 spiro atoms. The number of aliphatic hydroxyl groups excluding tert-OH is 1. The molecule has 1 aromatic carbocycles. The summed E-state index contributed by atoms with van der Waals surface area (Å²) in [5, 5.41) is 15.6. The molecular formula is C14H19ClN2O3. The standard InChI is InChI=1S/C14H19ClN2O3/c1-2-16-13(19)7-8-14(20)17-9-12(18)10-5-3-4-6-11(10)15/h3-6,12,18H,2,7-9H2,1H3,(H,16,19)(H,17,20). The van der Waals surface area contributed by atoms with Crippen LogP contribution in [0.3, 0.4) is 0 Å². The molecule has 20 heavy (non-hydrogen) atoms. The summed E-state index contributed by atoms with van der Waals surface area (Å²) in [6.45, 7) is 2.43. The fourth-order valence-electron chi connectivity index (χ4n) is 1.67. The van der Waals surface area contributed by atoms with Crippen LogP contribution in [0.25, 0.3) is 0 Å². The highest BCUT2D eigenvalue weighted by atomic mass is 35.5. The number of amides is 2. The van der Waals surface area contributed by atoms with Gasteiger partial charge in [0.15, 0.2) is 0 Å². The van der Waals surface area contributed by atoms with Crippen molar-refractivity contribution in [3.05, 3.63) is 34.9 Å². The molecular weight excluding hydrogens is 280 g/mol. The van der Waals surface area contributed by atoms with Gasteiger partial charge in [-0.05, 0) is 13.0 Å². The van der Waals surface area contributed by atoms with Gasteiger partial charge in [-0.2, -0.15) is 0 Å². The van der Waals surface area contributed by atoms with Gasteiger partial charge in [0.1, 0.15) is 0 Å². The third-order valence-electron chi connectivity index (χ3n) is 2.71.